The van der Waals surface area contributed by atoms with E-state index in [1.165, 1.54) is 0 Å². The molecule has 20 heavy (non-hydrogen) atoms. The number of H-pyrrole nitrogens is 1. The molecule has 0 aliphatic carbocycles. The molecular weight excluding hydrogens is 284 g/mol. The zero-order chi connectivity index (χ0) is 15.4. The maximum absolute atomic E-state index is 12.0. The van der Waals surface area contributed by atoms with Crippen LogP contribution < -0.4 is 4.72 Å². The van der Waals surface area contributed by atoms with Crippen LogP contribution >= 0.6 is 0 Å². The van der Waals surface area contributed by atoms with Crippen LogP contribution in [0.3, 0.4) is 0 Å². The summed E-state index contributed by atoms with van der Waals surface area (Å²) in [5.41, 5.74) is -0.418. The molecule has 0 unspecified atom stereocenters. The van der Waals surface area contributed by atoms with Crippen LogP contribution in [-0.4, -0.2) is 44.7 Å². The van der Waals surface area contributed by atoms with E-state index in [-0.39, 0.29) is 22.5 Å². The van der Waals surface area contributed by atoms with Gasteiger partial charge in [0.25, 0.3) is 0 Å². The van der Waals surface area contributed by atoms with E-state index in [0.29, 0.717) is 13.0 Å². The summed E-state index contributed by atoms with van der Waals surface area (Å²) in [7, 11) is -2.13. The average molecular weight is 304 g/mol. The highest BCUT2D eigenvalue weighted by molar-refractivity contribution is 7.89. The number of hydrogen-bond acceptors (Lipinski definition) is 4. The summed E-state index contributed by atoms with van der Waals surface area (Å²) < 4.78 is 31.5. The highest BCUT2D eigenvalue weighted by Gasteiger charge is 2.23. The molecule has 0 aliphatic rings. The summed E-state index contributed by atoms with van der Waals surface area (Å²) in [4.78, 5) is 13.0. The number of aromatic nitrogens is 1. The van der Waals surface area contributed by atoms with E-state index < -0.39 is 16.0 Å². The van der Waals surface area contributed by atoms with Gasteiger partial charge in [0.2, 0.25) is 10.0 Å². The summed E-state index contributed by atoms with van der Waals surface area (Å²) in [6, 6.07) is 1.09. The van der Waals surface area contributed by atoms with Crippen LogP contribution in [0.2, 0.25) is 0 Å². The van der Waals surface area contributed by atoms with Crippen molar-refractivity contribution in [3.63, 3.8) is 0 Å². The number of carbonyl (C=O) groups is 1. The second-order valence-electron chi connectivity index (χ2n) is 5.29. The molecule has 7 nitrogen and oxygen atoms in total. The molecular formula is C12H20N2O5S. The van der Waals surface area contributed by atoms with Gasteiger partial charge in [0, 0.05) is 26.5 Å². The molecule has 0 aromatic carbocycles. The minimum absolute atomic E-state index is 0.0857. The van der Waals surface area contributed by atoms with E-state index in [1.54, 1.807) is 7.11 Å². The third-order valence-corrected chi connectivity index (χ3v) is 4.30. The summed E-state index contributed by atoms with van der Waals surface area (Å²) in [5, 5.41) is 8.76. The van der Waals surface area contributed by atoms with Crippen LogP contribution in [0.15, 0.2) is 17.2 Å². The van der Waals surface area contributed by atoms with Crippen molar-refractivity contribution in [2.24, 2.45) is 5.41 Å². The van der Waals surface area contributed by atoms with Gasteiger partial charge < -0.3 is 14.8 Å². The fraction of sp³-hybridized carbons (Fsp3) is 0.583. The minimum Gasteiger partial charge on any atom is -0.477 e. The number of hydrogen-bond donors (Lipinski definition) is 3. The first-order chi connectivity index (χ1) is 9.18. The molecule has 0 spiro atoms. The summed E-state index contributed by atoms with van der Waals surface area (Å²) in [6.07, 6.45) is 1.87. The molecule has 0 fully saturated rings. The standard InChI is InChI=1S/C12H20N2O5S/c1-12(2,4-5-19-3)8-14-20(17,18)9-6-10(11(15)16)13-7-9/h6-7,13-14H,4-5,8H2,1-3H3,(H,15,16). The van der Waals surface area contributed by atoms with Gasteiger partial charge in [-0.15, -0.1) is 0 Å². The SMILES string of the molecule is COCCC(C)(C)CNS(=O)(=O)c1c[nH]c(C(=O)O)c1. The Hall–Kier alpha value is -1.38. The van der Waals surface area contributed by atoms with Crippen molar-refractivity contribution in [1.29, 1.82) is 0 Å². The van der Waals surface area contributed by atoms with Crippen molar-refractivity contribution >= 4 is 16.0 Å². The van der Waals surface area contributed by atoms with Gasteiger partial charge in [-0.05, 0) is 17.9 Å². The van der Waals surface area contributed by atoms with Crippen molar-refractivity contribution in [2.75, 3.05) is 20.3 Å². The lowest BCUT2D eigenvalue weighted by Crippen LogP contribution is -2.34. The van der Waals surface area contributed by atoms with Gasteiger partial charge in [0.05, 0.1) is 0 Å². The largest absolute Gasteiger partial charge is 0.477 e. The van der Waals surface area contributed by atoms with Gasteiger partial charge in [0.15, 0.2) is 0 Å². The number of sulfonamides is 1. The molecule has 1 aromatic rings. The summed E-state index contributed by atoms with van der Waals surface area (Å²) >= 11 is 0. The number of ether oxygens (including phenoxy) is 1. The predicted molar refractivity (Wildman–Crippen MR) is 73.2 cm³/mol. The lowest BCUT2D eigenvalue weighted by molar-refractivity contribution is 0.0691. The molecule has 0 radical (unpaired) electrons. The number of carboxylic acid groups (broad SMARTS) is 1. The van der Waals surface area contributed by atoms with Crippen molar-refractivity contribution in [1.82, 2.24) is 9.71 Å². The number of nitrogens with one attached hydrogen (secondary N) is 2. The average Bonchev–Trinajstić information content (AvgIpc) is 2.85. The lowest BCUT2D eigenvalue weighted by Gasteiger charge is -2.24. The number of methoxy groups -OCH3 is 1. The van der Waals surface area contributed by atoms with Crippen LogP contribution in [0.4, 0.5) is 0 Å². The highest BCUT2D eigenvalue weighted by atomic mass is 32.2. The maximum Gasteiger partial charge on any atom is 0.352 e. The Morgan fingerprint density at radius 3 is 2.65 bits per heavy atom. The number of aromatic carboxylic acids is 1. The van der Waals surface area contributed by atoms with Crippen LogP contribution in [0.25, 0.3) is 0 Å². The zero-order valence-corrected chi connectivity index (χ0v) is 12.6. The lowest BCUT2D eigenvalue weighted by atomic mass is 9.90. The third-order valence-electron chi connectivity index (χ3n) is 2.92. The molecule has 0 bridgehead atoms. The first-order valence-corrected chi connectivity index (χ1v) is 7.56. The molecule has 8 heteroatoms. The maximum atomic E-state index is 12.0. The number of rotatable bonds is 8. The van der Waals surface area contributed by atoms with E-state index in [2.05, 4.69) is 9.71 Å². The Balaban J connectivity index is 2.72. The molecule has 0 saturated carbocycles. The van der Waals surface area contributed by atoms with Gasteiger partial charge >= 0.3 is 5.97 Å². The van der Waals surface area contributed by atoms with Crippen LogP contribution in [0.1, 0.15) is 30.8 Å². The van der Waals surface area contributed by atoms with Crippen molar-refractivity contribution in [3.8, 4) is 0 Å². The second kappa shape index (κ2) is 6.38. The molecule has 1 heterocycles. The second-order valence-corrected chi connectivity index (χ2v) is 7.05. The van der Waals surface area contributed by atoms with Gasteiger partial charge in [-0.2, -0.15) is 0 Å². The summed E-state index contributed by atoms with van der Waals surface area (Å²) in [6.45, 7) is 4.64. The molecule has 0 amide bonds. The minimum atomic E-state index is -3.72. The topological polar surface area (TPSA) is 108 Å². The first-order valence-electron chi connectivity index (χ1n) is 6.08. The van der Waals surface area contributed by atoms with E-state index >= 15 is 0 Å². The smallest absolute Gasteiger partial charge is 0.352 e. The Kier molecular flexibility index (Phi) is 5.32. The van der Waals surface area contributed by atoms with Gasteiger partial charge in [-0.3, -0.25) is 0 Å². The zero-order valence-electron chi connectivity index (χ0n) is 11.8. The Morgan fingerprint density at radius 1 is 1.50 bits per heavy atom. The van der Waals surface area contributed by atoms with E-state index in [4.69, 9.17) is 9.84 Å². The third kappa shape index (κ3) is 4.62. The van der Waals surface area contributed by atoms with E-state index in [0.717, 1.165) is 12.3 Å². The number of aromatic amines is 1. The van der Waals surface area contributed by atoms with Gasteiger partial charge in [-0.25, -0.2) is 17.9 Å². The Morgan fingerprint density at radius 2 is 2.15 bits per heavy atom. The van der Waals surface area contributed by atoms with Crippen LogP contribution in [0.5, 0.6) is 0 Å². The van der Waals surface area contributed by atoms with Crippen molar-refractivity contribution in [2.45, 2.75) is 25.2 Å². The van der Waals surface area contributed by atoms with Gasteiger partial charge in [-0.1, -0.05) is 13.8 Å². The number of carboxylic acids is 1. The van der Waals surface area contributed by atoms with E-state index in [9.17, 15) is 13.2 Å². The molecule has 1 rings (SSSR count). The van der Waals surface area contributed by atoms with E-state index in [1.807, 2.05) is 13.8 Å². The normalized spacial score (nSPS) is 12.6. The fourth-order valence-electron chi connectivity index (χ4n) is 1.49. The predicted octanol–water partition coefficient (Wildman–Crippen LogP) is 1.05. The Labute approximate surface area is 118 Å². The van der Waals surface area contributed by atoms with Crippen LogP contribution in [-0.2, 0) is 14.8 Å². The molecule has 0 atom stereocenters. The van der Waals surface area contributed by atoms with Crippen molar-refractivity contribution in [3.05, 3.63) is 18.0 Å². The first kappa shape index (κ1) is 16.7. The fourth-order valence-corrected chi connectivity index (χ4v) is 2.73. The molecule has 3 N–H and O–H groups in total. The van der Waals surface area contributed by atoms with Crippen molar-refractivity contribution < 1.29 is 23.1 Å². The quantitative estimate of drug-likeness (QED) is 0.665. The van der Waals surface area contributed by atoms with Crippen LogP contribution in [0, 0.1) is 5.41 Å². The molecule has 0 aliphatic heterocycles. The molecule has 0 saturated heterocycles. The van der Waals surface area contributed by atoms with Gasteiger partial charge in [0.1, 0.15) is 10.6 Å². The molecule has 1 aromatic heterocycles. The molecule has 114 valence electrons. The highest BCUT2D eigenvalue weighted by Crippen LogP contribution is 2.20. The monoisotopic (exact) mass is 304 g/mol. The Bertz CT molecular complexity index is 562. The summed E-state index contributed by atoms with van der Waals surface area (Å²) in [5.74, 6) is -1.20.